The highest BCUT2D eigenvalue weighted by atomic mass is 32.2. The van der Waals surface area contributed by atoms with Crippen LogP contribution in [0, 0.1) is 13.8 Å². The smallest absolute Gasteiger partial charge is 0.344 e. The quantitative estimate of drug-likeness (QED) is 0.719. The molecular weight excluding hydrogens is 336 g/mol. The highest BCUT2D eigenvalue weighted by molar-refractivity contribution is 7.91. The molecule has 0 radical (unpaired) electrons. The summed E-state index contributed by atoms with van der Waals surface area (Å²) in [6, 6.07) is -0.368. The normalized spacial score (nSPS) is 20.6. The Morgan fingerprint density at radius 2 is 2.08 bits per heavy atom. The van der Waals surface area contributed by atoms with Crippen molar-refractivity contribution in [2.24, 2.45) is 0 Å². The van der Waals surface area contributed by atoms with Gasteiger partial charge in [-0.25, -0.2) is 13.2 Å². The lowest BCUT2D eigenvalue weighted by Crippen LogP contribution is -2.46. The van der Waals surface area contributed by atoms with E-state index in [1.54, 1.807) is 20.8 Å². The van der Waals surface area contributed by atoms with Crippen molar-refractivity contribution in [2.75, 3.05) is 18.1 Å². The Balaban J connectivity index is 2.06. The van der Waals surface area contributed by atoms with Gasteiger partial charge in [-0.1, -0.05) is 5.16 Å². The van der Waals surface area contributed by atoms with E-state index in [9.17, 15) is 18.0 Å². The lowest BCUT2D eigenvalue weighted by atomic mass is 10.2. The van der Waals surface area contributed by atoms with Crippen molar-refractivity contribution in [3.63, 3.8) is 0 Å². The van der Waals surface area contributed by atoms with Gasteiger partial charge in [-0.3, -0.25) is 4.79 Å². The van der Waals surface area contributed by atoms with Crippen molar-refractivity contribution < 1.29 is 27.3 Å². The van der Waals surface area contributed by atoms with Crippen molar-refractivity contribution in [1.29, 1.82) is 0 Å². The third-order valence-corrected chi connectivity index (χ3v) is 5.89. The highest BCUT2D eigenvalue weighted by Gasteiger charge is 2.36. The Kier molecular flexibility index (Phi) is 5.32. The van der Waals surface area contributed by atoms with E-state index in [1.807, 2.05) is 0 Å². The molecule has 9 heteroatoms. The Morgan fingerprint density at radius 3 is 2.54 bits per heavy atom. The van der Waals surface area contributed by atoms with Crippen molar-refractivity contribution >= 4 is 21.7 Å². The van der Waals surface area contributed by atoms with Crippen LogP contribution in [0.3, 0.4) is 0 Å². The molecule has 1 aromatic heterocycles. The number of rotatable bonds is 5. The predicted octanol–water partition coefficient (Wildman–Crippen LogP) is 0.872. The summed E-state index contributed by atoms with van der Waals surface area (Å²) >= 11 is 0. The van der Waals surface area contributed by atoms with Gasteiger partial charge in [0.05, 0.1) is 17.2 Å². The third kappa shape index (κ3) is 3.77. The van der Waals surface area contributed by atoms with Crippen LogP contribution in [0.2, 0.25) is 0 Å². The van der Waals surface area contributed by atoms with Crippen molar-refractivity contribution in [2.45, 2.75) is 46.3 Å². The molecule has 0 aromatic carbocycles. The minimum atomic E-state index is -3.10. The molecule has 2 atom stereocenters. The van der Waals surface area contributed by atoms with E-state index in [0.29, 0.717) is 24.4 Å². The number of aryl methyl sites for hydroxylation is 2. The zero-order valence-corrected chi connectivity index (χ0v) is 15.1. The maximum absolute atomic E-state index is 12.6. The lowest BCUT2D eigenvalue weighted by Gasteiger charge is -2.29. The fraction of sp³-hybridized carbons (Fsp3) is 0.667. The largest absolute Gasteiger partial charge is 0.449 e. The predicted molar refractivity (Wildman–Crippen MR) is 85.3 cm³/mol. The van der Waals surface area contributed by atoms with Gasteiger partial charge >= 0.3 is 5.97 Å². The van der Waals surface area contributed by atoms with Crippen LogP contribution in [-0.4, -0.2) is 60.5 Å². The molecule has 1 aromatic rings. The number of esters is 1. The number of carbonyl (C=O) groups is 2. The van der Waals surface area contributed by atoms with Gasteiger partial charge in [-0.15, -0.1) is 0 Å². The molecule has 24 heavy (non-hydrogen) atoms. The van der Waals surface area contributed by atoms with E-state index in [-0.39, 0.29) is 23.1 Å². The van der Waals surface area contributed by atoms with Gasteiger partial charge in [0.2, 0.25) is 0 Å². The second-order valence-electron chi connectivity index (χ2n) is 5.93. The Morgan fingerprint density at radius 1 is 1.42 bits per heavy atom. The number of carbonyl (C=O) groups excluding carboxylic acids is 2. The summed E-state index contributed by atoms with van der Waals surface area (Å²) in [5.74, 6) is -0.723. The van der Waals surface area contributed by atoms with Gasteiger partial charge in [0, 0.05) is 12.6 Å². The van der Waals surface area contributed by atoms with Gasteiger partial charge in [-0.2, -0.15) is 0 Å². The lowest BCUT2D eigenvalue weighted by molar-refractivity contribution is -0.141. The van der Waals surface area contributed by atoms with Crippen LogP contribution in [0.5, 0.6) is 0 Å². The van der Waals surface area contributed by atoms with E-state index in [1.165, 1.54) is 11.8 Å². The minimum absolute atomic E-state index is 0.0445. The number of hydrogen-bond donors (Lipinski definition) is 0. The number of aromatic nitrogens is 1. The second kappa shape index (κ2) is 6.92. The summed E-state index contributed by atoms with van der Waals surface area (Å²) in [6.45, 7) is 6.80. The van der Waals surface area contributed by atoms with Gasteiger partial charge in [0.1, 0.15) is 11.3 Å². The average Bonchev–Trinajstić information content (AvgIpc) is 3.01. The molecule has 0 saturated carbocycles. The maximum atomic E-state index is 12.6. The Labute approximate surface area is 141 Å². The van der Waals surface area contributed by atoms with Crippen molar-refractivity contribution in [1.82, 2.24) is 10.1 Å². The van der Waals surface area contributed by atoms with Gasteiger partial charge < -0.3 is 14.2 Å². The summed E-state index contributed by atoms with van der Waals surface area (Å²) < 4.78 is 33.4. The van der Waals surface area contributed by atoms with Crippen molar-refractivity contribution in [3.05, 3.63) is 17.0 Å². The first kappa shape index (κ1) is 18.4. The summed E-state index contributed by atoms with van der Waals surface area (Å²) in [4.78, 5) is 26.2. The molecule has 1 amide bonds. The number of sulfone groups is 1. The first-order valence-electron chi connectivity index (χ1n) is 7.81. The Bertz CT molecular complexity index is 720. The molecule has 8 nitrogen and oxygen atoms in total. The second-order valence-corrected chi connectivity index (χ2v) is 8.16. The fourth-order valence-corrected chi connectivity index (χ4v) is 4.62. The molecule has 2 rings (SSSR count). The first-order chi connectivity index (χ1) is 11.2. The van der Waals surface area contributed by atoms with E-state index in [0.717, 1.165) is 0 Å². The molecule has 1 aliphatic rings. The van der Waals surface area contributed by atoms with Crippen LogP contribution in [0.25, 0.3) is 0 Å². The van der Waals surface area contributed by atoms with Crippen LogP contribution >= 0.6 is 0 Å². The molecule has 0 N–H and O–H groups in total. The van der Waals surface area contributed by atoms with Crippen LogP contribution in [0.4, 0.5) is 0 Å². The van der Waals surface area contributed by atoms with Crippen LogP contribution in [0.15, 0.2) is 4.52 Å². The van der Waals surface area contributed by atoms with E-state index >= 15 is 0 Å². The summed E-state index contributed by atoms with van der Waals surface area (Å²) in [5, 5.41) is 3.68. The number of ether oxygens (including phenoxy) is 1. The van der Waals surface area contributed by atoms with Crippen LogP contribution in [-0.2, 0) is 19.4 Å². The molecule has 1 saturated heterocycles. The third-order valence-electron chi connectivity index (χ3n) is 4.14. The Hall–Kier alpha value is -1.90. The average molecular weight is 358 g/mol. The number of hydrogen-bond acceptors (Lipinski definition) is 7. The SMILES string of the molecule is CCN(C(=O)[C@H](C)OC(=O)c1c(C)noc1C)[C@@H]1CCS(=O)(=O)C1. The molecule has 1 fully saturated rings. The number of amides is 1. The number of nitrogens with zero attached hydrogens (tertiary/aromatic N) is 2. The van der Waals surface area contributed by atoms with Crippen LogP contribution in [0.1, 0.15) is 42.1 Å². The molecule has 2 heterocycles. The standard InChI is InChI=1S/C15H22N2O6S/c1-5-17(12-6-7-24(20,21)8-12)14(18)11(4)22-15(19)13-9(2)16-23-10(13)3/h11-12H,5-8H2,1-4H3/t11-,12+/m0/s1. The maximum Gasteiger partial charge on any atom is 0.344 e. The summed E-state index contributed by atoms with van der Waals surface area (Å²) in [5.41, 5.74) is 0.604. The zero-order valence-electron chi connectivity index (χ0n) is 14.2. The van der Waals surface area contributed by atoms with E-state index in [2.05, 4.69) is 5.16 Å². The van der Waals surface area contributed by atoms with Crippen LogP contribution < -0.4 is 0 Å². The fourth-order valence-electron chi connectivity index (χ4n) is 2.89. The molecule has 0 aliphatic carbocycles. The molecular formula is C15H22N2O6S. The molecule has 134 valence electrons. The van der Waals surface area contributed by atoms with Gasteiger partial charge in [0.25, 0.3) is 5.91 Å². The highest BCUT2D eigenvalue weighted by Crippen LogP contribution is 2.20. The summed E-state index contributed by atoms with van der Waals surface area (Å²) in [7, 11) is -3.10. The van der Waals surface area contributed by atoms with Gasteiger partial charge in [0.15, 0.2) is 15.9 Å². The molecule has 1 aliphatic heterocycles. The van der Waals surface area contributed by atoms with Gasteiger partial charge in [-0.05, 0) is 34.1 Å². The molecule has 0 unspecified atom stereocenters. The summed E-state index contributed by atoms with van der Waals surface area (Å²) in [6.07, 6.45) is -0.610. The zero-order chi connectivity index (χ0) is 18.1. The van der Waals surface area contributed by atoms with E-state index in [4.69, 9.17) is 9.26 Å². The number of likely N-dealkylation sites (N-methyl/N-ethyl adjacent to an activating group) is 1. The molecule has 0 spiro atoms. The van der Waals surface area contributed by atoms with E-state index < -0.39 is 27.8 Å². The minimum Gasteiger partial charge on any atom is -0.449 e. The molecule has 0 bridgehead atoms. The monoisotopic (exact) mass is 358 g/mol. The topological polar surface area (TPSA) is 107 Å². The first-order valence-corrected chi connectivity index (χ1v) is 9.63. The van der Waals surface area contributed by atoms with Crippen molar-refractivity contribution in [3.8, 4) is 0 Å².